The van der Waals surface area contributed by atoms with Crippen LogP contribution in [-0.2, 0) is 10.0 Å². The second-order valence-corrected chi connectivity index (χ2v) is 6.62. The lowest BCUT2D eigenvalue weighted by atomic mass is 10.1. The lowest BCUT2D eigenvalue weighted by Gasteiger charge is -2.24. The van der Waals surface area contributed by atoms with E-state index in [-0.39, 0.29) is 30.1 Å². The van der Waals surface area contributed by atoms with E-state index in [1.807, 2.05) is 6.92 Å². The minimum atomic E-state index is -3.08. The van der Waals surface area contributed by atoms with Crippen LogP contribution in [0.15, 0.2) is 0 Å². The summed E-state index contributed by atoms with van der Waals surface area (Å²) in [4.78, 5) is 0. The van der Waals surface area contributed by atoms with Crippen molar-refractivity contribution in [2.45, 2.75) is 45.6 Å². The average Bonchev–Trinajstić information content (AvgIpc) is 2.17. The average molecular weight is 285 g/mol. The third-order valence-electron chi connectivity index (χ3n) is 2.97. The van der Waals surface area contributed by atoms with Gasteiger partial charge in [0.1, 0.15) is 0 Å². The van der Waals surface area contributed by atoms with Gasteiger partial charge < -0.3 is 5.32 Å². The monoisotopic (exact) mass is 284 g/mol. The van der Waals surface area contributed by atoms with Gasteiger partial charge in [0, 0.05) is 6.04 Å². The third kappa shape index (κ3) is 7.24. The maximum absolute atomic E-state index is 11.9. The standard InChI is InChI=1S/C11H24N2O2S.ClH/c1-3-4-10(2)9-16(14,15)13-11-5-7-12-8-6-11;/h10-13H,3-9H2,1-2H3;1H. The van der Waals surface area contributed by atoms with Crippen LogP contribution in [0.5, 0.6) is 0 Å². The summed E-state index contributed by atoms with van der Waals surface area (Å²) in [6.45, 7) is 5.92. The van der Waals surface area contributed by atoms with E-state index in [0.717, 1.165) is 38.8 Å². The van der Waals surface area contributed by atoms with Crippen molar-refractivity contribution in [3.63, 3.8) is 0 Å². The molecule has 0 aliphatic carbocycles. The van der Waals surface area contributed by atoms with Gasteiger partial charge in [0.15, 0.2) is 0 Å². The van der Waals surface area contributed by atoms with Gasteiger partial charge in [-0.1, -0.05) is 20.3 Å². The van der Waals surface area contributed by atoms with Gasteiger partial charge in [0.05, 0.1) is 5.75 Å². The fourth-order valence-corrected chi connectivity index (χ4v) is 3.95. The minimum Gasteiger partial charge on any atom is -0.317 e. The van der Waals surface area contributed by atoms with Gasteiger partial charge in [0.25, 0.3) is 0 Å². The molecule has 1 aliphatic rings. The topological polar surface area (TPSA) is 58.2 Å². The van der Waals surface area contributed by atoms with Crippen molar-refractivity contribution >= 4 is 22.4 Å². The molecule has 1 atom stereocenters. The van der Waals surface area contributed by atoms with Crippen molar-refractivity contribution in [2.24, 2.45) is 5.92 Å². The molecule has 0 saturated carbocycles. The van der Waals surface area contributed by atoms with Crippen LogP contribution in [0.4, 0.5) is 0 Å². The van der Waals surface area contributed by atoms with E-state index < -0.39 is 10.0 Å². The molecule has 1 rings (SSSR count). The van der Waals surface area contributed by atoms with Crippen LogP contribution in [0.2, 0.25) is 0 Å². The summed E-state index contributed by atoms with van der Waals surface area (Å²) in [6, 6.07) is 0.139. The Labute approximate surface area is 111 Å². The molecule has 4 nitrogen and oxygen atoms in total. The first kappa shape index (κ1) is 17.2. The normalized spacial score (nSPS) is 19.6. The molecule has 0 aromatic carbocycles. The Hall–Kier alpha value is 0.160. The molecule has 17 heavy (non-hydrogen) atoms. The smallest absolute Gasteiger partial charge is 0.212 e. The first-order valence-electron chi connectivity index (χ1n) is 6.24. The van der Waals surface area contributed by atoms with Crippen molar-refractivity contribution in [3.8, 4) is 0 Å². The number of piperidine rings is 1. The quantitative estimate of drug-likeness (QED) is 0.777. The Kier molecular flexibility index (Phi) is 8.37. The first-order valence-corrected chi connectivity index (χ1v) is 7.89. The zero-order valence-corrected chi connectivity index (χ0v) is 12.4. The Morgan fingerprint density at radius 3 is 2.47 bits per heavy atom. The Morgan fingerprint density at radius 2 is 1.94 bits per heavy atom. The van der Waals surface area contributed by atoms with Crippen LogP contribution in [-0.4, -0.2) is 33.3 Å². The lowest BCUT2D eigenvalue weighted by molar-refractivity contribution is 0.424. The van der Waals surface area contributed by atoms with E-state index >= 15 is 0 Å². The molecule has 0 radical (unpaired) electrons. The number of hydrogen-bond acceptors (Lipinski definition) is 3. The Morgan fingerprint density at radius 1 is 1.35 bits per heavy atom. The molecule has 2 N–H and O–H groups in total. The first-order chi connectivity index (χ1) is 7.53. The van der Waals surface area contributed by atoms with Crippen molar-refractivity contribution in [3.05, 3.63) is 0 Å². The van der Waals surface area contributed by atoms with E-state index in [4.69, 9.17) is 0 Å². The number of sulfonamides is 1. The largest absolute Gasteiger partial charge is 0.317 e. The molecule has 0 amide bonds. The second-order valence-electron chi connectivity index (χ2n) is 4.82. The van der Waals surface area contributed by atoms with Crippen LogP contribution in [0.1, 0.15) is 39.5 Å². The highest BCUT2D eigenvalue weighted by atomic mass is 35.5. The third-order valence-corrected chi connectivity index (χ3v) is 4.67. The summed E-state index contributed by atoms with van der Waals surface area (Å²) in [5.74, 6) is 0.523. The zero-order chi connectivity index (χ0) is 12.0. The van der Waals surface area contributed by atoms with Gasteiger partial charge in [-0.25, -0.2) is 13.1 Å². The van der Waals surface area contributed by atoms with Crippen LogP contribution in [0.3, 0.4) is 0 Å². The zero-order valence-electron chi connectivity index (χ0n) is 10.7. The van der Waals surface area contributed by atoms with E-state index in [2.05, 4.69) is 17.0 Å². The van der Waals surface area contributed by atoms with Gasteiger partial charge in [-0.15, -0.1) is 12.4 Å². The van der Waals surface area contributed by atoms with Crippen LogP contribution in [0.25, 0.3) is 0 Å². The summed E-state index contributed by atoms with van der Waals surface area (Å²) in [6.07, 6.45) is 3.83. The van der Waals surface area contributed by atoms with Crippen molar-refractivity contribution in [1.82, 2.24) is 10.0 Å². The molecule has 1 fully saturated rings. The molecule has 6 heteroatoms. The minimum absolute atomic E-state index is 0. The van der Waals surface area contributed by atoms with E-state index in [1.165, 1.54) is 0 Å². The fourth-order valence-electron chi connectivity index (χ4n) is 2.19. The Balaban J connectivity index is 0.00000256. The molecule has 0 aromatic rings. The predicted molar refractivity (Wildman–Crippen MR) is 74.1 cm³/mol. The van der Waals surface area contributed by atoms with Crippen molar-refractivity contribution < 1.29 is 8.42 Å². The summed E-state index contributed by atoms with van der Waals surface area (Å²) >= 11 is 0. The Bertz CT molecular complexity index is 290. The van der Waals surface area contributed by atoms with E-state index in [0.29, 0.717) is 0 Å². The molecular formula is C11H25ClN2O2S. The highest BCUT2D eigenvalue weighted by Crippen LogP contribution is 2.10. The highest BCUT2D eigenvalue weighted by Gasteiger charge is 2.21. The molecular weight excluding hydrogens is 260 g/mol. The molecule has 0 aromatic heterocycles. The maximum Gasteiger partial charge on any atom is 0.212 e. The number of hydrogen-bond donors (Lipinski definition) is 2. The molecule has 1 unspecified atom stereocenters. The number of halogens is 1. The van der Waals surface area contributed by atoms with E-state index in [9.17, 15) is 8.42 Å². The number of nitrogens with one attached hydrogen (secondary N) is 2. The molecule has 1 heterocycles. The van der Waals surface area contributed by atoms with E-state index in [1.54, 1.807) is 0 Å². The summed E-state index contributed by atoms with van der Waals surface area (Å²) in [7, 11) is -3.08. The highest BCUT2D eigenvalue weighted by molar-refractivity contribution is 7.89. The molecule has 104 valence electrons. The summed E-state index contributed by atoms with van der Waals surface area (Å²) in [5, 5.41) is 3.23. The van der Waals surface area contributed by atoms with Gasteiger partial charge in [-0.05, 0) is 38.3 Å². The van der Waals surface area contributed by atoms with Crippen LogP contribution < -0.4 is 10.0 Å². The lowest BCUT2D eigenvalue weighted by Crippen LogP contribution is -2.44. The fraction of sp³-hybridized carbons (Fsp3) is 1.00. The van der Waals surface area contributed by atoms with Crippen LogP contribution in [0, 0.1) is 5.92 Å². The predicted octanol–water partition coefficient (Wildman–Crippen LogP) is 1.52. The van der Waals surface area contributed by atoms with Crippen molar-refractivity contribution in [1.29, 1.82) is 0 Å². The second kappa shape index (κ2) is 8.29. The number of rotatable bonds is 6. The van der Waals surface area contributed by atoms with Crippen molar-refractivity contribution in [2.75, 3.05) is 18.8 Å². The van der Waals surface area contributed by atoms with Gasteiger partial charge in [-0.2, -0.15) is 0 Å². The maximum atomic E-state index is 11.9. The van der Waals surface area contributed by atoms with Gasteiger partial charge >= 0.3 is 0 Å². The molecule has 0 spiro atoms. The summed E-state index contributed by atoms with van der Waals surface area (Å²) in [5.41, 5.74) is 0. The summed E-state index contributed by atoms with van der Waals surface area (Å²) < 4.78 is 26.5. The van der Waals surface area contributed by atoms with Crippen LogP contribution >= 0.6 is 12.4 Å². The molecule has 0 bridgehead atoms. The molecule has 1 aliphatic heterocycles. The van der Waals surface area contributed by atoms with Gasteiger partial charge in [0.2, 0.25) is 10.0 Å². The molecule has 1 saturated heterocycles. The SMILES string of the molecule is CCCC(C)CS(=O)(=O)NC1CCNCC1.Cl. The van der Waals surface area contributed by atoms with Gasteiger partial charge in [-0.3, -0.25) is 0 Å².